The van der Waals surface area contributed by atoms with Crippen molar-refractivity contribution >= 4 is 23.2 Å². The van der Waals surface area contributed by atoms with Crippen molar-refractivity contribution in [3.05, 3.63) is 47.9 Å². The van der Waals surface area contributed by atoms with E-state index in [2.05, 4.69) is 20.4 Å². The molecule has 2 aromatic heterocycles. The molecule has 0 spiro atoms. The molecule has 0 saturated carbocycles. The predicted octanol–water partition coefficient (Wildman–Crippen LogP) is 3.28. The Morgan fingerprint density at radius 1 is 1.14 bits per heavy atom. The van der Waals surface area contributed by atoms with Crippen molar-refractivity contribution in [1.82, 2.24) is 19.7 Å². The highest BCUT2D eigenvalue weighted by Crippen LogP contribution is 2.25. The average Bonchev–Trinajstić information content (AvgIpc) is 2.88. The van der Waals surface area contributed by atoms with E-state index in [1.807, 2.05) is 37.4 Å². The highest BCUT2D eigenvalue weighted by Gasteiger charge is 2.08. The molecule has 0 saturated heterocycles. The maximum atomic E-state index is 5.77. The number of methoxy groups -OCH3 is 1. The number of aromatic nitrogens is 4. The van der Waals surface area contributed by atoms with Gasteiger partial charge in [-0.05, 0) is 41.9 Å². The van der Waals surface area contributed by atoms with Crippen molar-refractivity contribution in [1.29, 1.82) is 0 Å². The monoisotopic (exact) mass is 315 g/mol. The van der Waals surface area contributed by atoms with Gasteiger partial charge < -0.3 is 10.1 Å². The molecule has 0 atom stereocenters. The first-order valence-electron chi connectivity index (χ1n) is 6.60. The van der Waals surface area contributed by atoms with Crippen LogP contribution < -0.4 is 10.1 Å². The van der Waals surface area contributed by atoms with Gasteiger partial charge in [-0.25, -0.2) is 9.97 Å². The normalized spacial score (nSPS) is 10.5. The van der Waals surface area contributed by atoms with Crippen LogP contribution in [0.15, 0.2) is 42.6 Å². The van der Waals surface area contributed by atoms with Gasteiger partial charge in [-0.1, -0.05) is 0 Å². The zero-order valence-electron chi connectivity index (χ0n) is 12.1. The number of anilines is 2. The third kappa shape index (κ3) is 3.01. The molecule has 1 N–H and O–H groups in total. The van der Waals surface area contributed by atoms with Crippen molar-refractivity contribution in [3.63, 3.8) is 0 Å². The number of aryl methyl sites for hydroxylation is 1. The molecule has 0 bridgehead atoms. The third-order valence-corrected chi connectivity index (χ3v) is 3.33. The average molecular weight is 316 g/mol. The highest BCUT2D eigenvalue weighted by molar-refractivity contribution is 6.28. The molecule has 0 aliphatic carbocycles. The topological polar surface area (TPSA) is 64.9 Å². The lowest BCUT2D eigenvalue weighted by Crippen LogP contribution is -1.97. The first-order chi connectivity index (χ1) is 10.7. The predicted molar refractivity (Wildman–Crippen MR) is 85.5 cm³/mol. The van der Waals surface area contributed by atoms with Crippen LogP contribution in [0.1, 0.15) is 0 Å². The number of hydrogen-bond acceptors (Lipinski definition) is 5. The second kappa shape index (κ2) is 6.03. The Morgan fingerprint density at radius 2 is 1.91 bits per heavy atom. The van der Waals surface area contributed by atoms with Crippen LogP contribution in [0.4, 0.5) is 11.6 Å². The van der Waals surface area contributed by atoms with Gasteiger partial charge in [0, 0.05) is 24.9 Å². The van der Waals surface area contributed by atoms with E-state index in [0.717, 1.165) is 17.0 Å². The van der Waals surface area contributed by atoms with Crippen LogP contribution in [-0.4, -0.2) is 26.9 Å². The van der Waals surface area contributed by atoms with Gasteiger partial charge in [0.25, 0.3) is 0 Å². The number of hydrogen-bond donors (Lipinski definition) is 1. The Labute approximate surface area is 132 Å². The first kappa shape index (κ1) is 14.3. The second-order valence-electron chi connectivity index (χ2n) is 4.60. The maximum absolute atomic E-state index is 5.77. The number of benzene rings is 1. The van der Waals surface area contributed by atoms with Gasteiger partial charge in [-0.15, -0.1) is 0 Å². The lowest BCUT2D eigenvalue weighted by atomic mass is 10.1. The molecule has 0 amide bonds. The molecular weight excluding hydrogens is 302 g/mol. The van der Waals surface area contributed by atoms with Crippen molar-refractivity contribution in [2.45, 2.75) is 0 Å². The summed E-state index contributed by atoms with van der Waals surface area (Å²) >= 11 is 5.77. The summed E-state index contributed by atoms with van der Waals surface area (Å²) in [5.41, 5.74) is 2.02. The van der Waals surface area contributed by atoms with Crippen LogP contribution in [0.2, 0.25) is 5.28 Å². The summed E-state index contributed by atoms with van der Waals surface area (Å²) in [6.45, 7) is 0. The molecule has 2 heterocycles. The van der Waals surface area contributed by atoms with Crippen molar-refractivity contribution in [3.8, 4) is 17.0 Å². The standard InChI is InChI=1S/C15H14ClN5O/c1-21-12(10-3-5-11(22-2)6-4-10)9-14(20-21)18-13-7-8-17-15(16)19-13/h3-9H,1-2H3,(H,17,18,19,20). The quantitative estimate of drug-likeness (QED) is 0.748. The van der Waals surface area contributed by atoms with Gasteiger partial charge in [0.05, 0.1) is 12.8 Å². The number of halogens is 1. The van der Waals surface area contributed by atoms with Gasteiger partial charge in [-0.2, -0.15) is 5.10 Å². The lowest BCUT2D eigenvalue weighted by molar-refractivity contribution is 0.415. The minimum absolute atomic E-state index is 0.191. The van der Waals surface area contributed by atoms with E-state index in [4.69, 9.17) is 16.3 Å². The Hall–Kier alpha value is -2.60. The summed E-state index contributed by atoms with van der Waals surface area (Å²) in [6, 6.07) is 11.5. The number of nitrogens with zero attached hydrogens (tertiary/aromatic N) is 4. The van der Waals surface area contributed by atoms with E-state index in [1.54, 1.807) is 24.1 Å². The summed E-state index contributed by atoms with van der Waals surface area (Å²) < 4.78 is 6.97. The summed E-state index contributed by atoms with van der Waals surface area (Å²) in [6.07, 6.45) is 1.59. The summed E-state index contributed by atoms with van der Waals surface area (Å²) in [5, 5.41) is 7.72. The molecule has 3 rings (SSSR count). The fraction of sp³-hybridized carbons (Fsp3) is 0.133. The molecule has 22 heavy (non-hydrogen) atoms. The Kier molecular flexibility index (Phi) is 3.93. The van der Waals surface area contributed by atoms with Gasteiger partial charge in [0.15, 0.2) is 5.82 Å². The molecule has 0 unspecified atom stereocenters. The molecule has 0 radical (unpaired) electrons. The SMILES string of the molecule is COc1ccc(-c2cc(Nc3ccnc(Cl)n3)nn2C)cc1. The van der Waals surface area contributed by atoms with E-state index < -0.39 is 0 Å². The largest absolute Gasteiger partial charge is 0.497 e. The first-order valence-corrected chi connectivity index (χ1v) is 6.97. The van der Waals surface area contributed by atoms with E-state index >= 15 is 0 Å². The molecular formula is C15H14ClN5O. The van der Waals surface area contributed by atoms with Crippen LogP contribution in [0, 0.1) is 0 Å². The molecule has 1 aromatic carbocycles. The van der Waals surface area contributed by atoms with Gasteiger partial charge >= 0.3 is 0 Å². The maximum Gasteiger partial charge on any atom is 0.224 e. The zero-order chi connectivity index (χ0) is 15.5. The Morgan fingerprint density at radius 3 is 2.59 bits per heavy atom. The van der Waals surface area contributed by atoms with Crippen molar-refractivity contribution in [2.24, 2.45) is 7.05 Å². The number of ether oxygens (including phenoxy) is 1. The minimum Gasteiger partial charge on any atom is -0.497 e. The van der Waals surface area contributed by atoms with Gasteiger partial charge in [0.1, 0.15) is 11.6 Å². The third-order valence-electron chi connectivity index (χ3n) is 3.15. The Bertz CT molecular complexity index is 785. The van der Waals surface area contributed by atoms with Gasteiger partial charge in [-0.3, -0.25) is 4.68 Å². The van der Waals surface area contributed by atoms with E-state index in [0.29, 0.717) is 11.6 Å². The minimum atomic E-state index is 0.191. The molecule has 112 valence electrons. The number of nitrogens with one attached hydrogen (secondary N) is 1. The Balaban J connectivity index is 1.86. The smallest absolute Gasteiger partial charge is 0.224 e. The summed E-state index contributed by atoms with van der Waals surface area (Å²) in [4.78, 5) is 7.93. The highest BCUT2D eigenvalue weighted by atomic mass is 35.5. The van der Waals surface area contributed by atoms with E-state index in [9.17, 15) is 0 Å². The summed E-state index contributed by atoms with van der Waals surface area (Å²) in [7, 11) is 3.53. The van der Waals surface area contributed by atoms with Crippen LogP contribution >= 0.6 is 11.6 Å². The van der Waals surface area contributed by atoms with E-state index in [-0.39, 0.29) is 5.28 Å². The van der Waals surface area contributed by atoms with Crippen LogP contribution in [0.25, 0.3) is 11.3 Å². The zero-order valence-corrected chi connectivity index (χ0v) is 12.9. The fourth-order valence-corrected chi connectivity index (χ4v) is 2.24. The van der Waals surface area contributed by atoms with Crippen LogP contribution in [0.3, 0.4) is 0 Å². The summed E-state index contributed by atoms with van der Waals surface area (Å²) in [5.74, 6) is 2.10. The van der Waals surface area contributed by atoms with Gasteiger partial charge in [0.2, 0.25) is 5.28 Å². The second-order valence-corrected chi connectivity index (χ2v) is 4.94. The van der Waals surface area contributed by atoms with Crippen LogP contribution in [-0.2, 0) is 7.05 Å². The molecule has 6 nitrogen and oxygen atoms in total. The fourth-order valence-electron chi connectivity index (χ4n) is 2.10. The van der Waals surface area contributed by atoms with Crippen molar-refractivity contribution < 1.29 is 4.74 Å². The molecule has 0 fully saturated rings. The van der Waals surface area contributed by atoms with Crippen LogP contribution in [0.5, 0.6) is 5.75 Å². The van der Waals surface area contributed by atoms with E-state index in [1.165, 1.54) is 0 Å². The molecule has 3 aromatic rings. The molecule has 0 aliphatic heterocycles. The van der Waals surface area contributed by atoms with Crippen molar-refractivity contribution in [2.75, 3.05) is 12.4 Å². The molecule has 0 aliphatic rings. The molecule has 7 heteroatoms. The number of rotatable bonds is 4. The lowest BCUT2D eigenvalue weighted by Gasteiger charge is -2.03.